The molecule has 1 aliphatic carbocycles. The number of methoxy groups -OCH3 is 1. The van der Waals surface area contributed by atoms with Crippen molar-refractivity contribution in [3.63, 3.8) is 0 Å². The maximum absolute atomic E-state index is 11.5. The number of nitrogens with zero attached hydrogens (tertiary/aromatic N) is 4. The van der Waals surface area contributed by atoms with Gasteiger partial charge in [-0.25, -0.2) is 14.6 Å². The molecule has 1 aliphatic heterocycles. The third-order valence-corrected chi connectivity index (χ3v) is 5.66. The predicted molar refractivity (Wildman–Crippen MR) is 107 cm³/mol. The van der Waals surface area contributed by atoms with E-state index >= 15 is 0 Å². The fraction of sp³-hybridized carbons (Fsp3) is 0.429. The van der Waals surface area contributed by atoms with Gasteiger partial charge in [0, 0.05) is 50.6 Å². The van der Waals surface area contributed by atoms with Gasteiger partial charge in [0.05, 0.1) is 23.5 Å². The van der Waals surface area contributed by atoms with Gasteiger partial charge in [0.15, 0.2) is 5.82 Å². The number of rotatable bonds is 5. The summed E-state index contributed by atoms with van der Waals surface area (Å²) in [5, 5.41) is 8.64. The van der Waals surface area contributed by atoms with Gasteiger partial charge in [-0.3, -0.25) is 4.79 Å². The third kappa shape index (κ3) is 3.18. The summed E-state index contributed by atoms with van der Waals surface area (Å²) < 4.78 is 13.2. The molecular formula is C21H23N5O3. The monoisotopic (exact) mass is 393 g/mol. The van der Waals surface area contributed by atoms with E-state index in [1.807, 2.05) is 28.9 Å². The van der Waals surface area contributed by atoms with Crippen LogP contribution in [0.25, 0.3) is 16.7 Å². The van der Waals surface area contributed by atoms with Crippen LogP contribution in [0.5, 0.6) is 0 Å². The number of ether oxygens (including phenoxy) is 2. The molecule has 8 heteroatoms. The van der Waals surface area contributed by atoms with Gasteiger partial charge in [0.25, 0.3) is 0 Å². The summed E-state index contributed by atoms with van der Waals surface area (Å²) in [5.41, 5.74) is 2.23. The van der Waals surface area contributed by atoms with E-state index in [1.165, 1.54) is 6.92 Å². The number of aromatic nitrogens is 4. The van der Waals surface area contributed by atoms with Crippen LogP contribution in [-0.2, 0) is 19.9 Å². The Hall–Kier alpha value is -2.84. The topological polar surface area (TPSA) is 91.2 Å². The highest BCUT2D eigenvalue weighted by atomic mass is 16.5. The molecule has 0 spiro atoms. The molecule has 1 atom stereocenters. The van der Waals surface area contributed by atoms with E-state index in [0.29, 0.717) is 30.8 Å². The fourth-order valence-electron chi connectivity index (χ4n) is 3.92. The molecule has 1 saturated carbocycles. The molecule has 2 aliphatic rings. The number of pyridine rings is 2. The summed E-state index contributed by atoms with van der Waals surface area (Å²) in [4.78, 5) is 20.8. The normalized spacial score (nSPS) is 21.6. The smallest absolute Gasteiger partial charge is 0.222 e. The SMILES string of the molecule is COC1(c2cccc(-n3nc(C4CC4)c4cnc(NC(C)=O)cc43)n2)CCOC1. The lowest BCUT2D eigenvalue weighted by Crippen LogP contribution is -2.30. The van der Waals surface area contributed by atoms with Gasteiger partial charge in [-0.1, -0.05) is 6.07 Å². The van der Waals surface area contributed by atoms with Gasteiger partial charge in [-0.05, 0) is 25.0 Å². The second kappa shape index (κ2) is 6.89. The molecule has 0 bridgehead atoms. The first-order valence-electron chi connectivity index (χ1n) is 9.87. The molecule has 1 unspecified atom stereocenters. The van der Waals surface area contributed by atoms with Gasteiger partial charge in [0.1, 0.15) is 11.4 Å². The molecule has 2 fully saturated rings. The first-order chi connectivity index (χ1) is 14.1. The van der Waals surface area contributed by atoms with Crippen LogP contribution in [0.4, 0.5) is 5.82 Å². The molecule has 150 valence electrons. The number of nitrogens with one attached hydrogen (secondary N) is 1. The van der Waals surface area contributed by atoms with E-state index in [4.69, 9.17) is 19.6 Å². The fourth-order valence-corrected chi connectivity index (χ4v) is 3.92. The van der Waals surface area contributed by atoms with Gasteiger partial charge in [0.2, 0.25) is 5.91 Å². The van der Waals surface area contributed by atoms with E-state index in [0.717, 1.165) is 41.6 Å². The van der Waals surface area contributed by atoms with E-state index in [1.54, 1.807) is 13.3 Å². The minimum atomic E-state index is -0.527. The molecule has 0 radical (unpaired) electrons. The largest absolute Gasteiger partial charge is 0.378 e. The number of anilines is 1. The molecule has 3 aromatic heterocycles. The number of carbonyl (C=O) groups is 1. The highest BCUT2D eigenvalue weighted by Crippen LogP contribution is 2.43. The summed E-state index contributed by atoms with van der Waals surface area (Å²) in [5.74, 6) is 1.52. The van der Waals surface area contributed by atoms with E-state index in [-0.39, 0.29) is 5.91 Å². The second-order valence-electron chi connectivity index (χ2n) is 7.72. The van der Waals surface area contributed by atoms with Crippen LogP contribution in [-0.4, -0.2) is 46.0 Å². The molecular weight excluding hydrogens is 370 g/mol. The Labute approximate surface area is 168 Å². The number of fused-ring (bicyclic) bond motifs is 1. The van der Waals surface area contributed by atoms with Crippen molar-refractivity contribution in [1.82, 2.24) is 19.7 Å². The quantitative estimate of drug-likeness (QED) is 0.717. The zero-order valence-electron chi connectivity index (χ0n) is 16.5. The molecule has 4 heterocycles. The Bertz CT molecular complexity index is 1080. The molecule has 29 heavy (non-hydrogen) atoms. The van der Waals surface area contributed by atoms with Crippen LogP contribution in [0, 0.1) is 0 Å². The molecule has 1 saturated heterocycles. The highest BCUT2D eigenvalue weighted by Gasteiger charge is 2.38. The van der Waals surface area contributed by atoms with Crippen molar-refractivity contribution in [3.8, 4) is 5.82 Å². The lowest BCUT2D eigenvalue weighted by Gasteiger charge is -2.25. The molecule has 5 rings (SSSR count). The number of hydrogen-bond donors (Lipinski definition) is 1. The molecule has 1 amide bonds. The number of amides is 1. The van der Waals surface area contributed by atoms with E-state index in [9.17, 15) is 4.79 Å². The van der Waals surface area contributed by atoms with Crippen LogP contribution in [0.3, 0.4) is 0 Å². The molecule has 0 aromatic carbocycles. The maximum Gasteiger partial charge on any atom is 0.222 e. The van der Waals surface area contributed by atoms with E-state index < -0.39 is 5.60 Å². The molecule has 1 N–H and O–H groups in total. The van der Waals surface area contributed by atoms with Crippen molar-refractivity contribution in [2.24, 2.45) is 0 Å². The molecule has 3 aromatic rings. The van der Waals surface area contributed by atoms with Crippen molar-refractivity contribution in [2.45, 2.75) is 37.7 Å². The lowest BCUT2D eigenvalue weighted by molar-refractivity contribution is -0.114. The van der Waals surface area contributed by atoms with Crippen LogP contribution in [0.15, 0.2) is 30.5 Å². The van der Waals surface area contributed by atoms with Crippen LogP contribution < -0.4 is 5.32 Å². The first-order valence-corrected chi connectivity index (χ1v) is 9.87. The minimum Gasteiger partial charge on any atom is -0.378 e. The van der Waals surface area contributed by atoms with Gasteiger partial charge < -0.3 is 14.8 Å². The highest BCUT2D eigenvalue weighted by molar-refractivity contribution is 5.91. The Balaban J connectivity index is 1.64. The average Bonchev–Trinajstić information content (AvgIpc) is 3.32. The van der Waals surface area contributed by atoms with Crippen molar-refractivity contribution in [1.29, 1.82) is 0 Å². The minimum absolute atomic E-state index is 0.159. The zero-order chi connectivity index (χ0) is 20.0. The Morgan fingerprint density at radius 3 is 2.93 bits per heavy atom. The lowest BCUT2D eigenvalue weighted by atomic mass is 9.98. The molecule has 8 nitrogen and oxygen atoms in total. The van der Waals surface area contributed by atoms with E-state index in [2.05, 4.69) is 10.3 Å². The average molecular weight is 393 g/mol. The summed E-state index contributed by atoms with van der Waals surface area (Å²) >= 11 is 0. The van der Waals surface area contributed by atoms with Crippen LogP contribution >= 0.6 is 0 Å². The number of carbonyl (C=O) groups excluding carboxylic acids is 1. The predicted octanol–water partition coefficient (Wildman–Crippen LogP) is 2.91. The summed E-state index contributed by atoms with van der Waals surface area (Å²) in [6.07, 6.45) is 4.83. The van der Waals surface area contributed by atoms with Crippen LogP contribution in [0.1, 0.15) is 43.5 Å². The van der Waals surface area contributed by atoms with Crippen molar-refractivity contribution in [2.75, 3.05) is 25.6 Å². The Kier molecular flexibility index (Phi) is 4.33. The zero-order valence-corrected chi connectivity index (χ0v) is 16.5. The maximum atomic E-state index is 11.5. The Morgan fingerprint density at radius 2 is 2.24 bits per heavy atom. The first kappa shape index (κ1) is 18.2. The summed E-state index contributed by atoms with van der Waals surface area (Å²) in [6, 6.07) is 7.73. The van der Waals surface area contributed by atoms with Gasteiger partial charge in [-0.2, -0.15) is 5.10 Å². The third-order valence-electron chi connectivity index (χ3n) is 5.66. The van der Waals surface area contributed by atoms with Crippen molar-refractivity contribution < 1.29 is 14.3 Å². The number of hydrogen-bond acceptors (Lipinski definition) is 6. The van der Waals surface area contributed by atoms with Gasteiger partial charge >= 0.3 is 0 Å². The van der Waals surface area contributed by atoms with Gasteiger partial charge in [-0.15, -0.1) is 0 Å². The second-order valence-corrected chi connectivity index (χ2v) is 7.72. The van der Waals surface area contributed by atoms with Crippen LogP contribution in [0.2, 0.25) is 0 Å². The van der Waals surface area contributed by atoms with Crippen molar-refractivity contribution >= 4 is 22.6 Å². The Morgan fingerprint density at radius 1 is 1.38 bits per heavy atom. The van der Waals surface area contributed by atoms with Crippen molar-refractivity contribution in [3.05, 3.63) is 41.9 Å². The standard InChI is InChI=1S/C21H23N5O3/c1-13(27)23-18-10-16-15(11-22-18)20(14-6-7-14)25-26(16)19-5-3-4-17(24-19)21(28-2)8-9-29-12-21/h3-5,10-11,14H,6-9,12H2,1-2H3,(H,22,23,27). The summed E-state index contributed by atoms with van der Waals surface area (Å²) in [7, 11) is 1.70. The summed E-state index contributed by atoms with van der Waals surface area (Å²) in [6.45, 7) is 2.61.